The molecule has 0 spiro atoms. The van der Waals surface area contributed by atoms with Crippen molar-refractivity contribution in [3.05, 3.63) is 65.5 Å². The molecule has 0 unspecified atom stereocenters. The van der Waals surface area contributed by atoms with E-state index in [1.165, 1.54) is 12.1 Å². The second-order valence-corrected chi connectivity index (χ2v) is 11.0. The molecule has 0 atom stereocenters. The van der Waals surface area contributed by atoms with Crippen LogP contribution >= 0.6 is 0 Å². The number of nitrogens with one attached hydrogen (secondary N) is 1. The van der Waals surface area contributed by atoms with Crippen molar-refractivity contribution in [3.8, 4) is 5.75 Å². The summed E-state index contributed by atoms with van der Waals surface area (Å²) in [5.74, 6) is 0.937. The van der Waals surface area contributed by atoms with E-state index in [0.717, 1.165) is 16.9 Å². The van der Waals surface area contributed by atoms with Gasteiger partial charge in [0.2, 0.25) is 0 Å². The molecule has 1 aliphatic heterocycles. The minimum absolute atomic E-state index is 0.0597. The standard InChI is InChI=1S/C29H40FN3O4/c1-21(2)20-36-26-12-8-22(9-13-26)18-31-27(34)33(19-23-6-10-24(30)11-7-23)25-14-16-32(17-15-25)28(35)37-29(3,4)5/h6-13,21,25H,14-20H2,1-5H3,(H,31,34). The summed E-state index contributed by atoms with van der Waals surface area (Å²) in [6.45, 7) is 12.1. The molecular formula is C29H40FN3O4. The molecule has 2 aromatic rings. The number of rotatable bonds is 8. The zero-order valence-electron chi connectivity index (χ0n) is 22.6. The zero-order chi connectivity index (χ0) is 27.0. The van der Waals surface area contributed by atoms with E-state index in [1.807, 2.05) is 45.0 Å². The van der Waals surface area contributed by atoms with Gasteiger partial charge in [-0.15, -0.1) is 0 Å². The van der Waals surface area contributed by atoms with Crippen LogP contribution in [0.3, 0.4) is 0 Å². The van der Waals surface area contributed by atoms with Crippen molar-refractivity contribution in [3.63, 3.8) is 0 Å². The molecule has 1 aliphatic rings. The summed E-state index contributed by atoms with van der Waals surface area (Å²) in [6, 6.07) is 13.6. The van der Waals surface area contributed by atoms with E-state index in [1.54, 1.807) is 21.9 Å². The van der Waals surface area contributed by atoms with Gasteiger partial charge in [-0.2, -0.15) is 0 Å². The van der Waals surface area contributed by atoms with Crippen LogP contribution in [0.2, 0.25) is 0 Å². The number of amides is 3. The lowest BCUT2D eigenvalue weighted by atomic mass is 10.0. The van der Waals surface area contributed by atoms with E-state index in [9.17, 15) is 14.0 Å². The smallest absolute Gasteiger partial charge is 0.410 e. The molecule has 0 bridgehead atoms. The Morgan fingerprint density at radius 1 is 1.03 bits per heavy atom. The molecule has 1 saturated heterocycles. The van der Waals surface area contributed by atoms with Crippen molar-refractivity contribution in [1.29, 1.82) is 0 Å². The predicted octanol–water partition coefficient (Wildman–Crippen LogP) is 5.97. The van der Waals surface area contributed by atoms with E-state index in [0.29, 0.717) is 51.5 Å². The average molecular weight is 514 g/mol. The first-order chi connectivity index (χ1) is 17.5. The Balaban J connectivity index is 1.63. The molecule has 0 saturated carbocycles. The molecule has 3 amide bonds. The minimum atomic E-state index is -0.554. The molecule has 0 aromatic heterocycles. The van der Waals surface area contributed by atoms with Crippen LogP contribution in [0.4, 0.5) is 14.0 Å². The van der Waals surface area contributed by atoms with Crippen LogP contribution < -0.4 is 10.1 Å². The highest BCUT2D eigenvalue weighted by molar-refractivity contribution is 5.74. The first-order valence-corrected chi connectivity index (χ1v) is 13.0. The lowest BCUT2D eigenvalue weighted by Crippen LogP contribution is -2.51. The molecule has 0 radical (unpaired) electrons. The lowest BCUT2D eigenvalue weighted by molar-refractivity contribution is 0.0161. The summed E-state index contributed by atoms with van der Waals surface area (Å²) >= 11 is 0. The molecule has 8 heteroatoms. The second kappa shape index (κ2) is 12.8. The number of hydrogen-bond acceptors (Lipinski definition) is 4. The number of hydrogen-bond donors (Lipinski definition) is 1. The topological polar surface area (TPSA) is 71.1 Å². The first-order valence-electron chi connectivity index (χ1n) is 13.0. The van der Waals surface area contributed by atoms with Crippen molar-refractivity contribution in [2.75, 3.05) is 19.7 Å². The molecule has 2 aromatic carbocycles. The first kappa shape index (κ1) is 28.3. The van der Waals surface area contributed by atoms with Gasteiger partial charge in [-0.25, -0.2) is 14.0 Å². The zero-order valence-corrected chi connectivity index (χ0v) is 22.6. The van der Waals surface area contributed by atoms with Gasteiger partial charge < -0.3 is 24.6 Å². The van der Waals surface area contributed by atoms with Crippen LogP contribution in [0.25, 0.3) is 0 Å². The summed E-state index contributed by atoms with van der Waals surface area (Å²) in [5, 5.41) is 3.03. The highest BCUT2D eigenvalue weighted by Crippen LogP contribution is 2.22. The number of halogens is 1. The number of likely N-dealkylation sites (tertiary alicyclic amines) is 1. The molecule has 1 fully saturated rings. The molecule has 202 valence electrons. The summed E-state index contributed by atoms with van der Waals surface area (Å²) < 4.78 is 24.7. The SMILES string of the molecule is CC(C)COc1ccc(CNC(=O)N(Cc2ccc(F)cc2)C2CCN(C(=O)OC(C)(C)C)CC2)cc1. The Labute approximate surface area is 219 Å². The maximum atomic E-state index is 13.4. The summed E-state index contributed by atoms with van der Waals surface area (Å²) in [4.78, 5) is 29.3. The van der Waals surface area contributed by atoms with E-state index >= 15 is 0 Å². The minimum Gasteiger partial charge on any atom is -0.493 e. The quantitative estimate of drug-likeness (QED) is 0.472. The third kappa shape index (κ3) is 9.26. The maximum absolute atomic E-state index is 13.4. The van der Waals surface area contributed by atoms with E-state index in [4.69, 9.17) is 9.47 Å². The number of piperidine rings is 1. The van der Waals surface area contributed by atoms with Crippen LogP contribution in [0.5, 0.6) is 5.75 Å². The van der Waals surface area contributed by atoms with Gasteiger partial charge in [-0.05, 0) is 74.9 Å². The van der Waals surface area contributed by atoms with Gasteiger partial charge in [0.05, 0.1) is 6.61 Å². The van der Waals surface area contributed by atoms with E-state index in [2.05, 4.69) is 19.2 Å². The third-order valence-corrected chi connectivity index (χ3v) is 6.03. The van der Waals surface area contributed by atoms with Gasteiger partial charge >= 0.3 is 12.1 Å². The average Bonchev–Trinajstić information content (AvgIpc) is 2.85. The van der Waals surface area contributed by atoms with Gasteiger partial charge in [0.15, 0.2) is 0 Å². The summed E-state index contributed by atoms with van der Waals surface area (Å²) in [6.07, 6.45) is 0.937. The molecule has 37 heavy (non-hydrogen) atoms. The fraction of sp³-hybridized carbons (Fsp3) is 0.517. The molecule has 1 N–H and O–H groups in total. The van der Waals surface area contributed by atoms with Gasteiger partial charge in [-0.1, -0.05) is 38.1 Å². The fourth-order valence-corrected chi connectivity index (χ4v) is 4.09. The van der Waals surface area contributed by atoms with Crippen molar-refractivity contribution in [2.24, 2.45) is 5.92 Å². The highest BCUT2D eigenvalue weighted by atomic mass is 19.1. The predicted molar refractivity (Wildman–Crippen MR) is 142 cm³/mol. The second-order valence-electron chi connectivity index (χ2n) is 11.0. The lowest BCUT2D eigenvalue weighted by Gasteiger charge is -2.39. The summed E-state index contributed by atoms with van der Waals surface area (Å²) in [7, 11) is 0. The van der Waals surface area contributed by atoms with Crippen LogP contribution in [0.15, 0.2) is 48.5 Å². The van der Waals surface area contributed by atoms with Crippen molar-refractivity contribution in [1.82, 2.24) is 15.1 Å². The maximum Gasteiger partial charge on any atom is 0.410 e. The number of ether oxygens (including phenoxy) is 2. The van der Waals surface area contributed by atoms with Crippen molar-refractivity contribution in [2.45, 2.75) is 72.2 Å². The molecule has 3 rings (SSSR count). The normalized spacial score (nSPS) is 14.4. The Hall–Kier alpha value is -3.29. The Bertz CT molecular complexity index is 1010. The van der Waals surface area contributed by atoms with Gasteiger partial charge in [0.25, 0.3) is 0 Å². The van der Waals surface area contributed by atoms with Gasteiger partial charge in [0, 0.05) is 32.2 Å². The molecule has 7 nitrogen and oxygen atoms in total. The van der Waals surface area contributed by atoms with Crippen LogP contribution in [-0.4, -0.2) is 53.3 Å². The Kier molecular flexibility index (Phi) is 9.78. The third-order valence-electron chi connectivity index (χ3n) is 6.03. The number of carbonyl (C=O) groups is 2. The number of urea groups is 1. The number of nitrogens with zero attached hydrogens (tertiary/aromatic N) is 2. The van der Waals surface area contributed by atoms with E-state index < -0.39 is 5.60 Å². The molecule has 0 aliphatic carbocycles. The van der Waals surface area contributed by atoms with Crippen molar-refractivity contribution < 1.29 is 23.5 Å². The van der Waals surface area contributed by atoms with Crippen LogP contribution in [0, 0.1) is 11.7 Å². The van der Waals surface area contributed by atoms with E-state index in [-0.39, 0.29) is 24.0 Å². The van der Waals surface area contributed by atoms with Crippen molar-refractivity contribution >= 4 is 12.1 Å². The van der Waals surface area contributed by atoms with Crippen LogP contribution in [0.1, 0.15) is 58.6 Å². The fourth-order valence-electron chi connectivity index (χ4n) is 4.09. The monoisotopic (exact) mass is 513 g/mol. The largest absolute Gasteiger partial charge is 0.493 e. The van der Waals surface area contributed by atoms with Gasteiger partial charge in [-0.3, -0.25) is 0 Å². The number of carbonyl (C=O) groups excluding carboxylic acids is 2. The number of benzene rings is 2. The highest BCUT2D eigenvalue weighted by Gasteiger charge is 2.31. The van der Waals surface area contributed by atoms with Crippen LogP contribution in [-0.2, 0) is 17.8 Å². The molecule has 1 heterocycles. The molecular weight excluding hydrogens is 473 g/mol. The Morgan fingerprint density at radius 3 is 2.19 bits per heavy atom. The van der Waals surface area contributed by atoms with Gasteiger partial charge in [0.1, 0.15) is 17.2 Å². The summed E-state index contributed by atoms with van der Waals surface area (Å²) in [5.41, 5.74) is 1.26. The Morgan fingerprint density at radius 2 is 1.62 bits per heavy atom.